The third-order valence-corrected chi connectivity index (χ3v) is 7.51. The standard InChI is InChI=1S/C18H25F2N3O3S/c1-12-4-6-22(7-5-12)18-14(19)16-15(17(20)21-18)23(8-10-27(16,24)25)11-13-3-2-9-26-13/h12-13H,2-11H2,1H3. The Balaban J connectivity index is 1.74. The van der Waals surface area contributed by atoms with Crippen molar-refractivity contribution in [2.45, 2.75) is 43.6 Å². The van der Waals surface area contributed by atoms with Gasteiger partial charge in [-0.15, -0.1) is 0 Å². The zero-order chi connectivity index (χ0) is 19.2. The van der Waals surface area contributed by atoms with Gasteiger partial charge in [-0.25, -0.2) is 12.8 Å². The number of fused-ring (bicyclic) bond motifs is 1. The maximum Gasteiger partial charge on any atom is 0.239 e. The summed E-state index contributed by atoms with van der Waals surface area (Å²) >= 11 is 0. The number of sulfone groups is 1. The van der Waals surface area contributed by atoms with Crippen molar-refractivity contribution in [1.82, 2.24) is 4.98 Å². The van der Waals surface area contributed by atoms with Crippen molar-refractivity contribution in [1.29, 1.82) is 0 Å². The number of rotatable bonds is 3. The molecule has 0 radical (unpaired) electrons. The number of hydrogen-bond donors (Lipinski definition) is 0. The highest BCUT2D eigenvalue weighted by atomic mass is 32.2. The maximum absolute atomic E-state index is 15.3. The summed E-state index contributed by atoms with van der Waals surface area (Å²) in [7, 11) is -3.90. The first-order valence-corrected chi connectivity index (χ1v) is 11.3. The SMILES string of the molecule is CC1CCN(c2nc(F)c3c(c2F)S(=O)(=O)CCN3CC2CCCO2)CC1. The van der Waals surface area contributed by atoms with Gasteiger partial charge in [0, 0.05) is 32.8 Å². The van der Waals surface area contributed by atoms with Crippen molar-refractivity contribution >= 4 is 21.3 Å². The average Bonchev–Trinajstić information content (AvgIpc) is 3.13. The fourth-order valence-corrected chi connectivity index (χ4v) is 5.68. The summed E-state index contributed by atoms with van der Waals surface area (Å²) in [5.41, 5.74) is -0.233. The molecule has 1 aromatic rings. The fraction of sp³-hybridized carbons (Fsp3) is 0.722. The average molecular weight is 401 g/mol. The van der Waals surface area contributed by atoms with E-state index in [1.165, 1.54) is 0 Å². The van der Waals surface area contributed by atoms with Gasteiger partial charge in [-0.1, -0.05) is 6.92 Å². The van der Waals surface area contributed by atoms with Gasteiger partial charge in [0.05, 0.1) is 11.9 Å². The Morgan fingerprint density at radius 3 is 2.59 bits per heavy atom. The van der Waals surface area contributed by atoms with Crippen molar-refractivity contribution in [3.05, 3.63) is 11.8 Å². The van der Waals surface area contributed by atoms with Crippen LogP contribution in [0.1, 0.15) is 32.6 Å². The van der Waals surface area contributed by atoms with Crippen LogP contribution in [0.4, 0.5) is 20.3 Å². The smallest absolute Gasteiger partial charge is 0.239 e. The third kappa shape index (κ3) is 3.51. The number of piperidine rings is 1. The highest BCUT2D eigenvalue weighted by Gasteiger charge is 2.39. The molecule has 3 aliphatic heterocycles. The topological polar surface area (TPSA) is 62.7 Å². The van der Waals surface area contributed by atoms with E-state index < -0.39 is 26.5 Å². The second-order valence-corrected chi connectivity index (χ2v) is 9.83. The van der Waals surface area contributed by atoms with Gasteiger partial charge in [-0.05, 0) is 31.6 Å². The Labute approximate surface area is 158 Å². The van der Waals surface area contributed by atoms with Gasteiger partial charge in [0.2, 0.25) is 5.95 Å². The van der Waals surface area contributed by atoms with Crippen molar-refractivity contribution in [3.8, 4) is 0 Å². The predicted octanol–water partition coefficient (Wildman–Crippen LogP) is 2.37. The van der Waals surface area contributed by atoms with E-state index in [9.17, 15) is 12.8 Å². The van der Waals surface area contributed by atoms with Crippen LogP contribution in [0.2, 0.25) is 0 Å². The minimum atomic E-state index is -3.90. The van der Waals surface area contributed by atoms with Crippen LogP contribution in [0.5, 0.6) is 0 Å². The molecule has 3 aliphatic rings. The number of pyridine rings is 1. The van der Waals surface area contributed by atoms with Gasteiger partial charge in [0.15, 0.2) is 21.5 Å². The molecule has 2 fully saturated rings. The molecule has 0 spiro atoms. The summed E-state index contributed by atoms with van der Waals surface area (Å²) in [6, 6.07) is 0. The zero-order valence-corrected chi connectivity index (χ0v) is 16.3. The lowest BCUT2D eigenvalue weighted by molar-refractivity contribution is 0.115. The Kier molecular flexibility index (Phi) is 5.00. The van der Waals surface area contributed by atoms with Crippen LogP contribution in [0, 0.1) is 17.7 Å². The number of ether oxygens (including phenoxy) is 1. The molecule has 1 atom stereocenters. The summed E-state index contributed by atoms with van der Waals surface area (Å²) in [4.78, 5) is 6.57. The molecule has 0 bridgehead atoms. The molecular formula is C18H25F2N3O3S. The molecule has 1 unspecified atom stereocenters. The van der Waals surface area contributed by atoms with Crippen LogP contribution in [0.25, 0.3) is 0 Å². The van der Waals surface area contributed by atoms with E-state index in [0.29, 0.717) is 32.2 Å². The molecule has 27 heavy (non-hydrogen) atoms. The zero-order valence-electron chi connectivity index (χ0n) is 15.5. The number of nitrogens with zero attached hydrogens (tertiary/aromatic N) is 3. The lowest BCUT2D eigenvalue weighted by atomic mass is 9.99. The molecule has 9 heteroatoms. The summed E-state index contributed by atoms with van der Waals surface area (Å²) in [5, 5.41) is 0. The van der Waals surface area contributed by atoms with Gasteiger partial charge in [-0.2, -0.15) is 9.37 Å². The van der Waals surface area contributed by atoms with E-state index in [0.717, 1.165) is 25.7 Å². The van der Waals surface area contributed by atoms with Crippen molar-refractivity contribution < 1.29 is 21.9 Å². The molecule has 0 N–H and O–H groups in total. The molecule has 0 saturated carbocycles. The Morgan fingerprint density at radius 1 is 1.19 bits per heavy atom. The van der Waals surface area contributed by atoms with Crippen molar-refractivity contribution in [2.75, 3.05) is 48.3 Å². The molecule has 0 amide bonds. The summed E-state index contributed by atoms with van der Waals surface area (Å²) < 4.78 is 61.0. The van der Waals surface area contributed by atoms with Crippen LogP contribution in [0.3, 0.4) is 0 Å². The lowest BCUT2D eigenvalue weighted by Crippen LogP contribution is -2.42. The molecule has 2 saturated heterocycles. The van der Waals surface area contributed by atoms with E-state index in [2.05, 4.69) is 11.9 Å². The summed E-state index contributed by atoms with van der Waals surface area (Å²) in [5.74, 6) is -1.73. The monoisotopic (exact) mass is 401 g/mol. The molecule has 0 aliphatic carbocycles. The predicted molar refractivity (Wildman–Crippen MR) is 98.0 cm³/mol. The van der Waals surface area contributed by atoms with E-state index >= 15 is 4.39 Å². The minimum Gasteiger partial charge on any atom is -0.376 e. The lowest BCUT2D eigenvalue weighted by Gasteiger charge is -2.35. The van der Waals surface area contributed by atoms with Crippen molar-refractivity contribution in [2.24, 2.45) is 5.92 Å². The first-order chi connectivity index (χ1) is 12.9. The molecule has 150 valence electrons. The Hall–Kier alpha value is -1.48. The van der Waals surface area contributed by atoms with Crippen LogP contribution in [0.15, 0.2) is 4.90 Å². The van der Waals surface area contributed by atoms with Gasteiger partial charge in [0.1, 0.15) is 10.6 Å². The third-order valence-electron chi connectivity index (χ3n) is 5.80. The number of halogens is 2. The quantitative estimate of drug-likeness (QED) is 0.725. The van der Waals surface area contributed by atoms with Gasteiger partial charge >= 0.3 is 0 Å². The van der Waals surface area contributed by atoms with Gasteiger partial charge in [0.25, 0.3) is 0 Å². The molecule has 0 aromatic carbocycles. The van der Waals surface area contributed by atoms with Crippen LogP contribution in [-0.2, 0) is 14.6 Å². The van der Waals surface area contributed by atoms with Crippen LogP contribution in [-0.4, -0.2) is 58.0 Å². The minimum absolute atomic E-state index is 0.0932. The van der Waals surface area contributed by atoms with Gasteiger partial charge in [-0.3, -0.25) is 0 Å². The highest BCUT2D eigenvalue weighted by molar-refractivity contribution is 7.91. The van der Waals surface area contributed by atoms with Crippen LogP contribution < -0.4 is 9.80 Å². The second kappa shape index (κ2) is 7.16. The number of aromatic nitrogens is 1. The molecule has 1 aromatic heterocycles. The first-order valence-electron chi connectivity index (χ1n) is 9.60. The second-order valence-electron chi connectivity index (χ2n) is 7.79. The van der Waals surface area contributed by atoms with Crippen LogP contribution >= 0.6 is 0 Å². The fourth-order valence-electron chi connectivity index (χ4n) is 4.14. The van der Waals surface area contributed by atoms with Crippen molar-refractivity contribution in [3.63, 3.8) is 0 Å². The summed E-state index contributed by atoms with van der Waals surface area (Å²) in [6.45, 7) is 4.31. The first kappa shape index (κ1) is 18.9. The Morgan fingerprint density at radius 2 is 1.93 bits per heavy atom. The van der Waals surface area contributed by atoms with E-state index in [1.54, 1.807) is 9.80 Å². The number of anilines is 2. The van der Waals surface area contributed by atoms with E-state index in [1.807, 2.05) is 0 Å². The highest BCUT2D eigenvalue weighted by Crippen LogP contribution is 2.39. The molecule has 4 heterocycles. The molecule has 4 rings (SSSR count). The number of hydrogen-bond acceptors (Lipinski definition) is 6. The molecular weight excluding hydrogens is 376 g/mol. The van der Waals surface area contributed by atoms with E-state index in [4.69, 9.17) is 4.74 Å². The Bertz CT molecular complexity index is 820. The maximum atomic E-state index is 15.3. The van der Waals surface area contributed by atoms with E-state index in [-0.39, 0.29) is 29.9 Å². The normalized spacial score (nSPS) is 25.7. The molecule has 6 nitrogen and oxygen atoms in total. The largest absolute Gasteiger partial charge is 0.376 e. The van der Waals surface area contributed by atoms with Gasteiger partial charge < -0.3 is 14.5 Å². The summed E-state index contributed by atoms with van der Waals surface area (Å²) in [6.07, 6.45) is 3.35.